The van der Waals surface area contributed by atoms with E-state index in [0.29, 0.717) is 34.1 Å². The van der Waals surface area contributed by atoms with Gasteiger partial charge < -0.3 is 0 Å². The van der Waals surface area contributed by atoms with Crippen LogP contribution in [0.5, 0.6) is 0 Å². The largest absolute Gasteiger partial charge is 0.285 e. The Balaban J connectivity index is 0.000000156. The van der Waals surface area contributed by atoms with Gasteiger partial charge in [0.25, 0.3) is 29.2 Å². The summed E-state index contributed by atoms with van der Waals surface area (Å²) < 4.78 is 16.1. The van der Waals surface area contributed by atoms with Gasteiger partial charge in [-0.15, -0.1) is 0 Å². The van der Waals surface area contributed by atoms with E-state index in [4.69, 9.17) is 0 Å². The van der Waals surface area contributed by atoms with Crippen molar-refractivity contribution in [3.05, 3.63) is 204 Å². The first kappa shape index (κ1) is 46.4. The minimum absolute atomic E-state index is 0.0104. The van der Waals surface area contributed by atoms with Crippen molar-refractivity contribution in [2.45, 2.75) is 44.4 Å². The molecule has 0 bridgehead atoms. The van der Waals surface area contributed by atoms with E-state index in [1.807, 2.05) is 164 Å². The number of benzene rings is 6. The lowest BCUT2D eigenvalue weighted by Gasteiger charge is -2.27. The van der Waals surface area contributed by atoms with Crippen LogP contribution in [0, 0.1) is 18.8 Å². The summed E-state index contributed by atoms with van der Waals surface area (Å²) >= 11 is 0. The Bertz CT molecular complexity index is 2690. The van der Waals surface area contributed by atoms with Crippen LogP contribution in [0.25, 0.3) is 5.69 Å². The van der Waals surface area contributed by atoms with Crippen molar-refractivity contribution >= 4 is 57.2 Å². The summed E-state index contributed by atoms with van der Waals surface area (Å²) in [5, 5.41) is 5.87. The summed E-state index contributed by atoms with van der Waals surface area (Å²) in [7, 11) is 0.616. The van der Waals surface area contributed by atoms with E-state index in [2.05, 4.69) is 6.92 Å². The number of anilines is 4. The number of para-hydroxylation sites is 5. The number of aromatic nitrogens is 2. The zero-order valence-electron chi connectivity index (χ0n) is 37.1. The summed E-state index contributed by atoms with van der Waals surface area (Å²) in [6.07, 6.45) is 2.66. The van der Waals surface area contributed by atoms with Crippen LogP contribution in [0.3, 0.4) is 0 Å². The van der Waals surface area contributed by atoms with Crippen LogP contribution in [-0.2, 0) is 37.0 Å². The molecule has 3 heterocycles. The van der Waals surface area contributed by atoms with Crippen LogP contribution >= 0.6 is 0 Å². The Labute approximate surface area is 387 Å². The monoisotopic (exact) mass is 900 g/mol. The van der Waals surface area contributed by atoms with Crippen molar-refractivity contribution in [1.29, 1.82) is 0 Å². The second kappa shape index (κ2) is 21.8. The number of rotatable bonds is 12. The molecule has 2 aliphatic heterocycles. The van der Waals surface area contributed by atoms with Crippen LogP contribution in [0.4, 0.5) is 22.7 Å². The molecular formula is C53H52N6O6S. The van der Waals surface area contributed by atoms with Gasteiger partial charge >= 0.3 is 0 Å². The molecule has 0 aliphatic carbocycles. The lowest BCUT2D eigenvalue weighted by molar-refractivity contribution is -0.128. The Morgan fingerprint density at radius 1 is 0.455 bits per heavy atom. The molecule has 2 aliphatic rings. The number of nitrogens with zero attached hydrogens (tertiary/aromatic N) is 6. The maximum Gasteiger partial charge on any atom is 0.271 e. The highest BCUT2D eigenvalue weighted by Gasteiger charge is 2.48. The fraction of sp³-hybridized carbons (Fsp3) is 0.189. The molecule has 2 saturated heterocycles. The predicted octanol–water partition coefficient (Wildman–Crippen LogP) is 9.07. The maximum atomic E-state index is 13.2. The molecular weight excluding hydrogens is 849 g/mol. The Kier molecular flexibility index (Phi) is 15.3. The Morgan fingerprint density at radius 3 is 1.09 bits per heavy atom. The number of hydrazine groups is 2. The van der Waals surface area contributed by atoms with Crippen LogP contribution in [0.1, 0.15) is 38.3 Å². The molecule has 9 rings (SSSR count). The van der Waals surface area contributed by atoms with Crippen molar-refractivity contribution in [3.8, 4) is 5.69 Å². The number of unbranched alkanes of at least 4 members (excludes halogenated alkanes) is 1. The molecule has 0 spiro atoms. The average molecular weight is 901 g/mol. The van der Waals surface area contributed by atoms with Crippen molar-refractivity contribution in [2.24, 2.45) is 18.9 Å². The van der Waals surface area contributed by atoms with E-state index in [1.165, 1.54) is 20.0 Å². The highest BCUT2D eigenvalue weighted by molar-refractivity contribution is 7.85. The molecule has 1 aromatic heterocycles. The fourth-order valence-corrected chi connectivity index (χ4v) is 8.92. The molecule has 12 nitrogen and oxygen atoms in total. The number of carbonyl (C=O) groups is 4. The van der Waals surface area contributed by atoms with E-state index in [0.717, 1.165) is 24.2 Å². The van der Waals surface area contributed by atoms with Gasteiger partial charge in [-0.05, 0) is 92.6 Å². The van der Waals surface area contributed by atoms with Crippen molar-refractivity contribution in [2.75, 3.05) is 25.8 Å². The smallest absolute Gasteiger partial charge is 0.271 e. The molecule has 0 N–H and O–H groups in total. The summed E-state index contributed by atoms with van der Waals surface area (Å²) in [6.45, 7) is 3.98. The first-order chi connectivity index (χ1) is 32.1. The van der Waals surface area contributed by atoms with Gasteiger partial charge in [0.1, 0.15) is 11.8 Å². The van der Waals surface area contributed by atoms with Gasteiger partial charge in [-0.25, -0.2) is 24.7 Å². The van der Waals surface area contributed by atoms with E-state index >= 15 is 0 Å². The van der Waals surface area contributed by atoms with Gasteiger partial charge in [-0.2, -0.15) is 0 Å². The second-order valence-electron chi connectivity index (χ2n) is 15.6. The molecule has 1 atom stereocenters. The number of hydrogen-bond acceptors (Lipinski definition) is 6. The normalized spacial score (nSPS) is 14.5. The molecule has 1 unspecified atom stereocenters. The zero-order valence-corrected chi connectivity index (χ0v) is 37.9. The molecule has 0 radical (unpaired) electrons. The maximum absolute atomic E-state index is 13.2. The molecule has 0 saturated carbocycles. The molecule has 2 fully saturated rings. The summed E-state index contributed by atoms with van der Waals surface area (Å²) in [5.74, 6) is -2.07. The standard InChI is InChI=1S/C23H20N2O3S.C19H20N2O2.C11H12N2O/c26-22-21(16-17-29(28)20-14-8-3-9-15-20)23(27)25(19-12-6-2-7-13-19)24(22)18-10-4-1-5-11-18;1-2-3-14-17-18(22)20(15-10-6-4-7-11-15)21(19(17)23)16-12-8-5-9-13-16;1-9-8-11(14)13(12(9)2)10-6-4-3-5-7-10/h1-15,21H,16-17H2;4-13,17H,2-3,14H2,1H3;3-8H,1-2H3. The molecule has 13 heteroatoms. The van der Waals surface area contributed by atoms with Gasteiger partial charge in [-0.3, -0.25) is 32.9 Å². The Morgan fingerprint density at radius 2 is 0.773 bits per heavy atom. The first-order valence-electron chi connectivity index (χ1n) is 21.9. The van der Waals surface area contributed by atoms with Gasteiger partial charge in [0, 0.05) is 29.5 Å². The number of carbonyl (C=O) groups excluding carboxylic acids is 4. The van der Waals surface area contributed by atoms with Crippen LogP contribution in [0.15, 0.2) is 198 Å². The van der Waals surface area contributed by atoms with E-state index < -0.39 is 22.6 Å². The number of hydrogen-bond donors (Lipinski definition) is 0. The fourth-order valence-electron chi connectivity index (χ4n) is 7.77. The third kappa shape index (κ3) is 10.3. The molecule has 4 amide bonds. The van der Waals surface area contributed by atoms with Crippen LogP contribution < -0.4 is 25.6 Å². The van der Waals surface area contributed by atoms with Crippen molar-refractivity contribution < 1.29 is 23.4 Å². The lowest BCUT2D eigenvalue weighted by Crippen LogP contribution is -2.41. The second-order valence-corrected chi connectivity index (χ2v) is 17.2. The van der Waals surface area contributed by atoms with Gasteiger partial charge in [0.2, 0.25) is 0 Å². The average Bonchev–Trinajstić information content (AvgIpc) is 3.88. The van der Waals surface area contributed by atoms with Crippen LogP contribution in [0.2, 0.25) is 0 Å². The molecule has 66 heavy (non-hydrogen) atoms. The Hall–Kier alpha value is -7.64. The SMILES string of the molecule is CCCCC1C(=O)N(c2ccccc2)N(c2ccccc2)C1=O.Cc1cc(=O)n(-c2ccccc2)n1C.O=C1C(CCS(=O)c2ccccc2)C(=O)N(c2ccccc2)N1c1ccccc1. The van der Waals surface area contributed by atoms with Gasteiger partial charge in [0.05, 0.1) is 39.2 Å². The molecule has 6 aromatic carbocycles. The van der Waals surface area contributed by atoms with Gasteiger partial charge in [-0.1, -0.05) is 129 Å². The summed E-state index contributed by atoms with van der Waals surface area (Å²) in [6, 6.07) is 57.2. The minimum Gasteiger partial charge on any atom is -0.285 e. The van der Waals surface area contributed by atoms with Crippen LogP contribution in [-0.4, -0.2) is 43.0 Å². The van der Waals surface area contributed by atoms with E-state index in [9.17, 15) is 28.2 Å². The highest BCUT2D eigenvalue weighted by Crippen LogP contribution is 2.35. The molecule has 7 aromatic rings. The summed E-state index contributed by atoms with van der Waals surface area (Å²) in [5.41, 5.74) is 4.55. The number of amides is 4. The van der Waals surface area contributed by atoms with Crippen molar-refractivity contribution in [1.82, 2.24) is 9.36 Å². The van der Waals surface area contributed by atoms with E-state index in [-0.39, 0.29) is 41.4 Å². The van der Waals surface area contributed by atoms with Crippen molar-refractivity contribution in [3.63, 3.8) is 0 Å². The topological polar surface area (TPSA) is 125 Å². The van der Waals surface area contributed by atoms with E-state index in [1.54, 1.807) is 47.1 Å². The third-order valence-electron chi connectivity index (χ3n) is 11.2. The lowest BCUT2D eigenvalue weighted by atomic mass is 10.0. The summed E-state index contributed by atoms with van der Waals surface area (Å²) in [4.78, 5) is 64.5. The van der Waals surface area contributed by atoms with Gasteiger partial charge in [0.15, 0.2) is 0 Å². The quantitative estimate of drug-likeness (QED) is 0.113. The third-order valence-corrected chi connectivity index (χ3v) is 12.6. The zero-order chi connectivity index (χ0) is 46.6. The first-order valence-corrected chi connectivity index (χ1v) is 23.2. The molecule has 336 valence electrons. The number of aryl methyl sites for hydroxylation is 1. The minimum atomic E-state index is -1.26. The predicted molar refractivity (Wildman–Crippen MR) is 260 cm³/mol. The highest BCUT2D eigenvalue weighted by atomic mass is 32.2.